The highest BCUT2D eigenvalue weighted by Crippen LogP contribution is 2.27. The van der Waals surface area contributed by atoms with Crippen molar-refractivity contribution in [1.29, 1.82) is 5.41 Å². The van der Waals surface area contributed by atoms with Crippen LogP contribution in [0, 0.1) is 23.2 Å². The van der Waals surface area contributed by atoms with E-state index in [2.05, 4.69) is 16.8 Å². The molecule has 1 aliphatic rings. The molecule has 0 radical (unpaired) electrons. The number of nitrogens with zero attached hydrogens (tertiary/aromatic N) is 2. The van der Waals surface area contributed by atoms with Gasteiger partial charge in [0.15, 0.2) is 0 Å². The van der Waals surface area contributed by atoms with E-state index >= 15 is 0 Å². The molecule has 0 bridgehead atoms. The monoisotopic (exact) mass is 237 g/mol. The molecule has 2 aromatic heterocycles. The number of pyridine rings is 1. The van der Waals surface area contributed by atoms with Gasteiger partial charge in [0.2, 0.25) is 0 Å². The highest BCUT2D eigenvalue weighted by molar-refractivity contribution is 5.98. The van der Waals surface area contributed by atoms with Crippen LogP contribution in [0.25, 0.3) is 5.65 Å². The Morgan fingerprint density at radius 2 is 2.33 bits per heavy atom. The van der Waals surface area contributed by atoms with Gasteiger partial charge in [-0.25, -0.2) is 4.98 Å². The normalized spacial score (nSPS) is 14.3. The van der Waals surface area contributed by atoms with Crippen molar-refractivity contribution in [3.05, 3.63) is 35.8 Å². The fourth-order valence-electron chi connectivity index (χ4n) is 1.89. The summed E-state index contributed by atoms with van der Waals surface area (Å²) < 4.78 is 1.98. The first-order valence-corrected chi connectivity index (χ1v) is 6.36. The summed E-state index contributed by atoms with van der Waals surface area (Å²) in [6.07, 6.45) is 5.07. The fourth-order valence-corrected chi connectivity index (χ4v) is 1.89. The summed E-state index contributed by atoms with van der Waals surface area (Å²) in [5.41, 5.74) is 3.02. The lowest BCUT2D eigenvalue weighted by Crippen LogP contribution is -2.00. The van der Waals surface area contributed by atoms with Crippen LogP contribution < -0.4 is 0 Å². The van der Waals surface area contributed by atoms with Gasteiger partial charge >= 0.3 is 0 Å². The molecule has 18 heavy (non-hydrogen) atoms. The Kier molecular flexibility index (Phi) is 2.64. The number of nitrogens with one attached hydrogen (secondary N) is 1. The van der Waals surface area contributed by atoms with Gasteiger partial charge in [0.25, 0.3) is 0 Å². The highest BCUT2D eigenvalue weighted by Gasteiger charge is 2.19. The van der Waals surface area contributed by atoms with Crippen molar-refractivity contribution in [3.8, 4) is 11.8 Å². The van der Waals surface area contributed by atoms with Crippen LogP contribution in [0.3, 0.4) is 0 Å². The first kappa shape index (κ1) is 11.0. The number of fused-ring (bicyclic) bond motifs is 1. The van der Waals surface area contributed by atoms with Crippen molar-refractivity contribution >= 4 is 11.4 Å². The standard InChI is InChI=1S/C15H15N3/c1-2-12(16)15-13(9-8-11-6-7-11)18-10-4-3-5-14(18)17-15/h3-5,10-11,16H,2,6-7H2,1H3. The molecule has 3 rings (SSSR count). The van der Waals surface area contributed by atoms with Crippen LogP contribution in [0.2, 0.25) is 0 Å². The largest absolute Gasteiger partial charge is 0.303 e. The highest BCUT2D eigenvalue weighted by atomic mass is 15.0. The van der Waals surface area contributed by atoms with E-state index in [1.807, 2.05) is 35.7 Å². The maximum Gasteiger partial charge on any atom is 0.138 e. The smallest absolute Gasteiger partial charge is 0.138 e. The predicted molar refractivity (Wildman–Crippen MR) is 71.9 cm³/mol. The molecule has 0 spiro atoms. The van der Waals surface area contributed by atoms with E-state index < -0.39 is 0 Å². The summed E-state index contributed by atoms with van der Waals surface area (Å²) in [7, 11) is 0. The molecule has 90 valence electrons. The van der Waals surface area contributed by atoms with Crippen LogP contribution >= 0.6 is 0 Å². The number of aromatic nitrogens is 2. The third-order valence-electron chi connectivity index (χ3n) is 3.14. The maximum absolute atomic E-state index is 8.01. The first-order valence-electron chi connectivity index (χ1n) is 6.36. The van der Waals surface area contributed by atoms with E-state index in [-0.39, 0.29) is 0 Å². The van der Waals surface area contributed by atoms with Gasteiger partial charge in [0.1, 0.15) is 17.0 Å². The molecule has 3 heteroatoms. The quantitative estimate of drug-likeness (QED) is 0.633. The fraction of sp³-hybridized carbons (Fsp3) is 0.333. The average Bonchev–Trinajstić information content (AvgIpc) is 3.16. The van der Waals surface area contributed by atoms with Crippen LogP contribution in [0.4, 0.5) is 0 Å². The summed E-state index contributed by atoms with van der Waals surface area (Å²) in [6, 6.07) is 5.88. The molecule has 0 saturated heterocycles. The SMILES string of the molecule is CCC(=N)c1nc2ccccn2c1C#CC1CC1. The van der Waals surface area contributed by atoms with Gasteiger partial charge < -0.3 is 5.41 Å². The molecule has 1 saturated carbocycles. The molecule has 2 heterocycles. The van der Waals surface area contributed by atoms with Gasteiger partial charge in [-0.05, 0) is 37.3 Å². The van der Waals surface area contributed by atoms with Crippen molar-refractivity contribution in [2.75, 3.05) is 0 Å². The van der Waals surface area contributed by atoms with Gasteiger partial charge in [-0.1, -0.05) is 18.9 Å². The Bertz CT molecular complexity index is 666. The van der Waals surface area contributed by atoms with Gasteiger partial charge in [-0.2, -0.15) is 0 Å². The molecule has 0 unspecified atom stereocenters. The molecular formula is C15H15N3. The van der Waals surface area contributed by atoms with E-state index in [1.54, 1.807) is 0 Å². The summed E-state index contributed by atoms with van der Waals surface area (Å²) in [5, 5.41) is 8.01. The molecule has 1 aliphatic carbocycles. The van der Waals surface area contributed by atoms with Crippen LogP contribution in [-0.4, -0.2) is 15.1 Å². The third kappa shape index (κ3) is 1.91. The molecule has 0 aliphatic heterocycles. The lowest BCUT2D eigenvalue weighted by atomic mass is 10.2. The molecule has 0 atom stereocenters. The second kappa shape index (κ2) is 4.30. The lowest BCUT2D eigenvalue weighted by molar-refractivity contribution is 1.14. The van der Waals surface area contributed by atoms with Gasteiger partial charge in [0.05, 0.1) is 5.71 Å². The van der Waals surface area contributed by atoms with Gasteiger partial charge in [-0.15, -0.1) is 0 Å². The Balaban J connectivity index is 2.17. The van der Waals surface area contributed by atoms with Crippen LogP contribution in [0.5, 0.6) is 0 Å². The Labute approximate surface area is 106 Å². The van der Waals surface area contributed by atoms with E-state index in [0.717, 1.165) is 17.0 Å². The van der Waals surface area contributed by atoms with E-state index in [1.165, 1.54) is 12.8 Å². The van der Waals surface area contributed by atoms with E-state index in [0.29, 0.717) is 18.1 Å². The van der Waals surface area contributed by atoms with Crippen molar-refractivity contribution in [2.24, 2.45) is 5.92 Å². The summed E-state index contributed by atoms with van der Waals surface area (Å²) >= 11 is 0. The third-order valence-corrected chi connectivity index (χ3v) is 3.14. The van der Waals surface area contributed by atoms with E-state index in [9.17, 15) is 0 Å². The Morgan fingerprint density at radius 1 is 1.50 bits per heavy atom. The maximum atomic E-state index is 8.01. The molecule has 0 aromatic carbocycles. The zero-order valence-electron chi connectivity index (χ0n) is 10.4. The number of rotatable bonds is 2. The molecule has 2 aromatic rings. The summed E-state index contributed by atoms with van der Waals surface area (Å²) in [6.45, 7) is 1.98. The lowest BCUT2D eigenvalue weighted by Gasteiger charge is -1.97. The van der Waals surface area contributed by atoms with Crippen molar-refractivity contribution < 1.29 is 0 Å². The zero-order chi connectivity index (χ0) is 12.5. The number of hydrogen-bond donors (Lipinski definition) is 1. The second-order valence-electron chi connectivity index (χ2n) is 4.61. The Hall–Kier alpha value is -2.08. The van der Waals surface area contributed by atoms with Gasteiger partial charge in [0, 0.05) is 12.1 Å². The predicted octanol–water partition coefficient (Wildman–Crippen LogP) is 2.87. The van der Waals surface area contributed by atoms with E-state index in [4.69, 9.17) is 5.41 Å². The molecule has 1 N–H and O–H groups in total. The molecule has 1 fully saturated rings. The topological polar surface area (TPSA) is 41.2 Å². The average molecular weight is 237 g/mol. The molecule has 0 amide bonds. The second-order valence-corrected chi connectivity index (χ2v) is 4.61. The van der Waals surface area contributed by atoms with Crippen molar-refractivity contribution in [2.45, 2.75) is 26.2 Å². The minimum atomic E-state index is 0.554. The Morgan fingerprint density at radius 3 is 3.06 bits per heavy atom. The first-order chi connectivity index (χ1) is 8.79. The number of imidazole rings is 1. The van der Waals surface area contributed by atoms with Crippen LogP contribution in [0.1, 0.15) is 37.6 Å². The minimum absolute atomic E-state index is 0.554. The van der Waals surface area contributed by atoms with Crippen LogP contribution in [0.15, 0.2) is 24.4 Å². The van der Waals surface area contributed by atoms with Gasteiger partial charge in [-0.3, -0.25) is 4.40 Å². The van der Waals surface area contributed by atoms with Crippen LogP contribution in [-0.2, 0) is 0 Å². The molecule has 3 nitrogen and oxygen atoms in total. The van der Waals surface area contributed by atoms with Crippen molar-refractivity contribution in [1.82, 2.24) is 9.38 Å². The summed E-state index contributed by atoms with van der Waals surface area (Å²) in [5.74, 6) is 7.04. The van der Waals surface area contributed by atoms with Crippen molar-refractivity contribution in [3.63, 3.8) is 0 Å². The number of hydrogen-bond acceptors (Lipinski definition) is 2. The minimum Gasteiger partial charge on any atom is -0.303 e. The molecular weight excluding hydrogens is 222 g/mol. The zero-order valence-corrected chi connectivity index (χ0v) is 10.4. The summed E-state index contributed by atoms with van der Waals surface area (Å²) in [4.78, 5) is 4.52.